The van der Waals surface area contributed by atoms with Crippen molar-refractivity contribution in [3.05, 3.63) is 54.1 Å². The maximum absolute atomic E-state index is 12.9. The molecule has 2 heterocycles. The van der Waals surface area contributed by atoms with Gasteiger partial charge < -0.3 is 25.0 Å². The first-order chi connectivity index (χ1) is 14.1. The monoisotopic (exact) mass is 395 g/mol. The van der Waals surface area contributed by atoms with Gasteiger partial charge in [0.15, 0.2) is 0 Å². The number of amides is 2. The van der Waals surface area contributed by atoms with E-state index in [1.807, 2.05) is 12.1 Å². The zero-order chi connectivity index (χ0) is 20.2. The van der Waals surface area contributed by atoms with Gasteiger partial charge in [-0.2, -0.15) is 0 Å². The molecule has 2 N–H and O–H groups in total. The molecule has 2 amide bonds. The lowest BCUT2D eigenvalue weighted by atomic mass is 10.1. The van der Waals surface area contributed by atoms with Crippen molar-refractivity contribution in [2.75, 3.05) is 43.0 Å². The third-order valence-electron chi connectivity index (χ3n) is 5.39. The van der Waals surface area contributed by atoms with E-state index in [1.165, 1.54) is 0 Å². The number of para-hydroxylation sites is 2. The van der Waals surface area contributed by atoms with Crippen LogP contribution in [0.25, 0.3) is 0 Å². The lowest BCUT2D eigenvalue weighted by Gasteiger charge is -2.36. The number of hydrogen-bond acceptors (Lipinski definition) is 5. The van der Waals surface area contributed by atoms with Crippen LogP contribution >= 0.6 is 0 Å². The molecule has 0 unspecified atom stereocenters. The van der Waals surface area contributed by atoms with Gasteiger partial charge in [-0.15, -0.1) is 0 Å². The molecule has 152 valence electrons. The Morgan fingerprint density at radius 1 is 1.03 bits per heavy atom. The van der Waals surface area contributed by atoms with Gasteiger partial charge in [0.1, 0.15) is 11.9 Å². The topological polar surface area (TPSA) is 82.1 Å². The zero-order valence-electron chi connectivity index (χ0n) is 16.2. The van der Waals surface area contributed by atoms with Gasteiger partial charge in [-0.25, -0.2) is 0 Å². The van der Waals surface area contributed by atoms with Crippen LogP contribution in [0.5, 0.6) is 5.75 Å². The summed E-state index contributed by atoms with van der Waals surface area (Å²) in [5.41, 5.74) is 1.94. The molecule has 2 aliphatic rings. The molecule has 2 saturated heterocycles. The van der Waals surface area contributed by atoms with Gasteiger partial charge in [-0.05, 0) is 43.2 Å². The third-order valence-corrected chi connectivity index (χ3v) is 5.39. The minimum Gasteiger partial charge on any atom is -0.506 e. The summed E-state index contributed by atoms with van der Waals surface area (Å²) in [5, 5.41) is 12.9. The number of anilines is 2. The fourth-order valence-corrected chi connectivity index (χ4v) is 3.80. The molecule has 0 saturated carbocycles. The molecule has 0 aliphatic carbocycles. The van der Waals surface area contributed by atoms with E-state index in [9.17, 15) is 14.7 Å². The highest BCUT2D eigenvalue weighted by Gasteiger charge is 2.25. The summed E-state index contributed by atoms with van der Waals surface area (Å²) in [7, 11) is 0. The predicted octanol–water partition coefficient (Wildman–Crippen LogP) is 2.47. The van der Waals surface area contributed by atoms with Gasteiger partial charge in [0, 0.05) is 44.0 Å². The predicted molar refractivity (Wildman–Crippen MR) is 110 cm³/mol. The Bertz CT molecular complexity index is 887. The molecule has 7 heteroatoms. The highest BCUT2D eigenvalue weighted by atomic mass is 16.5. The summed E-state index contributed by atoms with van der Waals surface area (Å²) < 4.78 is 5.41. The standard InChI is InChI=1S/C22H25N3O4/c26-19-8-2-1-7-18(19)24-10-12-25(13-11-24)22(28)16-5-3-6-17(15-16)23-21(27)20-9-4-14-29-20/h1-3,5-8,15,20,26H,4,9-14H2,(H,23,27)/t20-/m0/s1. The summed E-state index contributed by atoms with van der Waals surface area (Å²) in [6.45, 7) is 3.06. The van der Waals surface area contributed by atoms with Gasteiger partial charge in [0.25, 0.3) is 11.8 Å². The number of hydrogen-bond donors (Lipinski definition) is 2. The summed E-state index contributed by atoms with van der Waals surface area (Å²) >= 11 is 0. The van der Waals surface area contributed by atoms with Crippen LogP contribution in [-0.4, -0.2) is 60.7 Å². The molecule has 0 aromatic heterocycles. The van der Waals surface area contributed by atoms with E-state index in [1.54, 1.807) is 41.3 Å². The summed E-state index contributed by atoms with van der Waals surface area (Å²) in [4.78, 5) is 29.0. The van der Waals surface area contributed by atoms with Crippen LogP contribution in [0.4, 0.5) is 11.4 Å². The van der Waals surface area contributed by atoms with Crippen LogP contribution in [-0.2, 0) is 9.53 Å². The Morgan fingerprint density at radius 3 is 2.55 bits per heavy atom. The quantitative estimate of drug-likeness (QED) is 0.831. The van der Waals surface area contributed by atoms with Crippen molar-refractivity contribution in [3.63, 3.8) is 0 Å². The van der Waals surface area contributed by atoms with Crippen LogP contribution < -0.4 is 10.2 Å². The number of phenolic OH excluding ortho intramolecular Hbond substituents is 1. The Morgan fingerprint density at radius 2 is 1.83 bits per heavy atom. The van der Waals surface area contributed by atoms with Gasteiger partial charge in [-0.3, -0.25) is 9.59 Å². The molecule has 4 rings (SSSR count). The first-order valence-electron chi connectivity index (χ1n) is 9.96. The van der Waals surface area contributed by atoms with E-state index in [4.69, 9.17) is 4.74 Å². The number of nitrogens with zero attached hydrogens (tertiary/aromatic N) is 2. The molecule has 2 aromatic carbocycles. The number of phenols is 1. The van der Waals surface area contributed by atoms with Crippen molar-refractivity contribution in [1.82, 2.24) is 4.90 Å². The molecule has 7 nitrogen and oxygen atoms in total. The van der Waals surface area contributed by atoms with E-state index in [0.29, 0.717) is 44.0 Å². The number of carbonyl (C=O) groups excluding carboxylic acids is 2. The first-order valence-corrected chi connectivity index (χ1v) is 9.96. The van der Waals surface area contributed by atoms with Crippen molar-refractivity contribution in [1.29, 1.82) is 0 Å². The fourth-order valence-electron chi connectivity index (χ4n) is 3.80. The van der Waals surface area contributed by atoms with Crippen molar-refractivity contribution in [2.24, 2.45) is 0 Å². The molecular formula is C22H25N3O4. The Hall–Kier alpha value is -3.06. The molecule has 0 bridgehead atoms. The summed E-state index contributed by atoms with van der Waals surface area (Å²) in [6, 6.07) is 14.3. The van der Waals surface area contributed by atoms with Crippen molar-refractivity contribution < 1.29 is 19.4 Å². The molecule has 0 radical (unpaired) electrons. The minimum atomic E-state index is -0.406. The van der Waals surface area contributed by atoms with Crippen molar-refractivity contribution in [3.8, 4) is 5.75 Å². The number of ether oxygens (including phenoxy) is 1. The van der Waals surface area contributed by atoms with Gasteiger partial charge in [-0.1, -0.05) is 18.2 Å². The number of aromatic hydroxyl groups is 1. The second-order valence-electron chi connectivity index (χ2n) is 7.34. The summed E-state index contributed by atoms with van der Waals surface area (Å²) in [5.74, 6) is 0.0282. The average molecular weight is 395 g/mol. The van der Waals surface area contributed by atoms with Crippen molar-refractivity contribution >= 4 is 23.2 Å². The van der Waals surface area contributed by atoms with Crippen LogP contribution in [0.3, 0.4) is 0 Å². The van der Waals surface area contributed by atoms with Gasteiger partial charge in [0.05, 0.1) is 5.69 Å². The lowest BCUT2D eigenvalue weighted by molar-refractivity contribution is -0.124. The molecule has 29 heavy (non-hydrogen) atoms. The number of nitrogens with one attached hydrogen (secondary N) is 1. The van der Waals surface area contributed by atoms with E-state index in [0.717, 1.165) is 18.5 Å². The third kappa shape index (κ3) is 4.35. The smallest absolute Gasteiger partial charge is 0.254 e. The van der Waals surface area contributed by atoms with Crippen LogP contribution in [0.1, 0.15) is 23.2 Å². The summed E-state index contributed by atoms with van der Waals surface area (Å²) in [6.07, 6.45) is 1.21. The van der Waals surface area contributed by atoms with Crippen LogP contribution in [0.15, 0.2) is 48.5 Å². The molecule has 2 fully saturated rings. The van der Waals surface area contributed by atoms with E-state index in [-0.39, 0.29) is 17.6 Å². The van der Waals surface area contributed by atoms with Crippen molar-refractivity contribution in [2.45, 2.75) is 18.9 Å². The minimum absolute atomic E-state index is 0.0600. The number of benzene rings is 2. The van der Waals surface area contributed by atoms with E-state index >= 15 is 0 Å². The fraction of sp³-hybridized carbons (Fsp3) is 0.364. The normalized spacial score (nSPS) is 19.2. The highest BCUT2D eigenvalue weighted by molar-refractivity contribution is 5.98. The zero-order valence-corrected chi connectivity index (χ0v) is 16.2. The second kappa shape index (κ2) is 8.53. The number of piperazine rings is 1. The molecule has 0 spiro atoms. The molecule has 2 aromatic rings. The Labute approximate surface area is 169 Å². The van der Waals surface area contributed by atoms with Crippen LogP contribution in [0, 0.1) is 0 Å². The average Bonchev–Trinajstić information content (AvgIpc) is 3.29. The Kier molecular flexibility index (Phi) is 5.67. The highest BCUT2D eigenvalue weighted by Crippen LogP contribution is 2.27. The van der Waals surface area contributed by atoms with Gasteiger partial charge >= 0.3 is 0 Å². The van der Waals surface area contributed by atoms with Gasteiger partial charge in [0.2, 0.25) is 0 Å². The number of rotatable bonds is 4. The second-order valence-corrected chi connectivity index (χ2v) is 7.34. The lowest BCUT2D eigenvalue weighted by Crippen LogP contribution is -2.48. The maximum atomic E-state index is 12.9. The molecular weight excluding hydrogens is 370 g/mol. The van der Waals surface area contributed by atoms with E-state index < -0.39 is 6.10 Å². The largest absolute Gasteiger partial charge is 0.506 e. The maximum Gasteiger partial charge on any atom is 0.254 e. The molecule has 1 atom stereocenters. The van der Waals surface area contributed by atoms with E-state index in [2.05, 4.69) is 10.2 Å². The Balaban J connectivity index is 1.37. The number of carbonyl (C=O) groups is 2. The first kappa shape index (κ1) is 19.3. The SMILES string of the molecule is O=C(Nc1cccc(C(=O)N2CCN(c3ccccc3O)CC2)c1)[C@@H]1CCCO1. The van der Waals surface area contributed by atoms with Crippen LogP contribution in [0.2, 0.25) is 0 Å². The molecule has 2 aliphatic heterocycles.